The molecule has 1 saturated heterocycles. The number of nitrogens with one attached hydrogen (secondary N) is 2. The highest BCUT2D eigenvalue weighted by molar-refractivity contribution is 5.74. The lowest BCUT2D eigenvalue weighted by Crippen LogP contribution is -2.46. The fourth-order valence-corrected chi connectivity index (χ4v) is 3.03. The Morgan fingerprint density at radius 3 is 2.64 bits per heavy atom. The molecule has 3 heterocycles. The summed E-state index contributed by atoms with van der Waals surface area (Å²) in [5.41, 5.74) is 1.08. The zero-order chi connectivity index (χ0) is 19.7. The molecule has 28 heavy (non-hydrogen) atoms. The largest absolute Gasteiger partial charge is 0.416 e. The number of carbonyl (C=O) groups is 1. The highest BCUT2D eigenvalue weighted by Crippen LogP contribution is 2.30. The fraction of sp³-hybridized carbons (Fsp3) is 0.278. The van der Waals surface area contributed by atoms with Gasteiger partial charge in [0.15, 0.2) is 5.65 Å². The van der Waals surface area contributed by atoms with Crippen LogP contribution in [0.15, 0.2) is 42.5 Å². The van der Waals surface area contributed by atoms with Crippen LogP contribution in [0, 0.1) is 0 Å². The number of carbonyl (C=O) groups excluding carboxylic acids is 1. The molecule has 0 unspecified atom stereocenters. The molecule has 0 aliphatic carbocycles. The van der Waals surface area contributed by atoms with Crippen LogP contribution in [0.4, 0.5) is 29.6 Å². The molecule has 10 heteroatoms. The quantitative estimate of drug-likeness (QED) is 0.716. The monoisotopic (exact) mass is 390 g/mol. The third-order valence-corrected chi connectivity index (χ3v) is 4.43. The van der Waals surface area contributed by atoms with Crippen LogP contribution >= 0.6 is 0 Å². The topological polar surface area (TPSA) is 74.6 Å². The summed E-state index contributed by atoms with van der Waals surface area (Å²) in [6, 6.07) is 9.98. The zero-order valence-electron chi connectivity index (χ0n) is 14.7. The molecule has 146 valence electrons. The summed E-state index contributed by atoms with van der Waals surface area (Å²) in [5, 5.41) is 10.1. The summed E-state index contributed by atoms with van der Waals surface area (Å²) >= 11 is 0. The number of rotatable bonds is 4. The van der Waals surface area contributed by atoms with E-state index >= 15 is 0 Å². The maximum Gasteiger partial charge on any atom is 0.416 e. The van der Waals surface area contributed by atoms with E-state index in [1.165, 1.54) is 12.1 Å². The Bertz CT molecular complexity index is 999. The number of fused-ring (bicyclic) bond motifs is 1. The number of hydrogen-bond acceptors (Lipinski definition) is 4. The van der Waals surface area contributed by atoms with E-state index in [4.69, 9.17) is 0 Å². The lowest BCUT2D eigenvalue weighted by Gasteiger charge is -2.27. The number of urea groups is 1. The molecule has 0 bridgehead atoms. The molecule has 1 aliphatic rings. The molecule has 1 fully saturated rings. The Kier molecular flexibility index (Phi) is 4.54. The molecule has 2 N–H and O–H groups in total. The molecule has 0 spiro atoms. The van der Waals surface area contributed by atoms with Gasteiger partial charge >= 0.3 is 12.2 Å². The van der Waals surface area contributed by atoms with E-state index < -0.39 is 11.7 Å². The zero-order valence-corrected chi connectivity index (χ0v) is 14.7. The van der Waals surface area contributed by atoms with Crippen LogP contribution in [-0.4, -0.2) is 38.6 Å². The first-order valence-electron chi connectivity index (χ1n) is 8.72. The number of halogens is 3. The van der Waals surface area contributed by atoms with Gasteiger partial charge in [-0.2, -0.15) is 18.2 Å². The van der Waals surface area contributed by atoms with Crippen molar-refractivity contribution in [1.82, 2.24) is 24.8 Å². The molecule has 7 nitrogen and oxygen atoms in total. The van der Waals surface area contributed by atoms with Crippen molar-refractivity contribution < 1.29 is 18.0 Å². The van der Waals surface area contributed by atoms with E-state index in [9.17, 15) is 18.0 Å². The van der Waals surface area contributed by atoms with Crippen LogP contribution in [0.1, 0.15) is 17.7 Å². The van der Waals surface area contributed by atoms with Gasteiger partial charge in [-0.1, -0.05) is 6.07 Å². The van der Waals surface area contributed by atoms with Gasteiger partial charge in [0, 0.05) is 18.8 Å². The Hall–Kier alpha value is -3.30. The van der Waals surface area contributed by atoms with Gasteiger partial charge in [-0.05, 0) is 42.8 Å². The minimum atomic E-state index is -4.38. The number of benzene rings is 1. The second-order valence-corrected chi connectivity index (χ2v) is 6.43. The van der Waals surface area contributed by atoms with Crippen LogP contribution < -0.4 is 10.6 Å². The van der Waals surface area contributed by atoms with Crippen LogP contribution in [0.2, 0.25) is 0 Å². The molecule has 1 aliphatic heterocycles. The Morgan fingerprint density at radius 1 is 1.14 bits per heavy atom. The molecule has 0 atom stereocenters. The molecular formula is C18H17F3N6O. The van der Waals surface area contributed by atoms with E-state index in [1.807, 2.05) is 12.1 Å². The van der Waals surface area contributed by atoms with E-state index in [0.29, 0.717) is 31.0 Å². The first-order chi connectivity index (χ1) is 13.4. The number of anilines is 2. The number of alkyl halides is 3. The number of pyridine rings is 1. The molecule has 1 aromatic carbocycles. The van der Waals surface area contributed by atoms with Gasteiger partial charge in [0.2, 0.25) is 5.95 Å². The summed E-state index contributed by atoms with van der Waals surface area (Å²) in [7, 11) is 0. The second-order valence-electron chi connectivity index (χ2n) is 6.43. The molecule has 0 radical (unpaired) electrons. The van der Waals surface area contributed by atoms with Gasteiger partial charge < -0.3 is 15.5 Å². The summed E-state index contributed by atoms with van der Waals surface area (Å²) in [5.74, 6) is 0.260. The number of nitrogens with zero attached hydrogens (tertiary/aromatic N) is 4. The highest BCUT2D eigenvalue weighted by Gasteiger charge is 2.30. The highest BCUT2D eigenvalue weighted by atomic mass is 19.4. The third kappa shape index (κ3) is 3.71. The average molecular weight is 390 g/mol. The van der Waals surface area contributed by atoms with E-state index in [2.05, 4.69) is 20.7 Å². The smallest absolute Gasteiger partial charge is 0.338 e. The van der Waals surface area contributed by atoms with Crippen molar-refractivity contribution in [3.05, 3.63) is 53.7 Å². The predicted octanol–water partition coefficient (Wildman–Crippen LogP) is 3.41. The van der Waals surface area contributed by atoms with Crippen molar-refractivity contribution >= 4 is 23.3 Å². The summed E-state index contributed by atoms with van der Waals surface area (Å²) in [4.78, 5) is 18.0. The number of hydrogen-bond donors (Lipinski definition) is 2. The normalized spacial score (nSPS) is 15.0. The van der Waals surface area contributed by atoms with Crippen molar-refractivity contribution in [2.24, 2.45) is 0 Å². The Morgan fingerprint density at radius 2 is 1.93 bits per heavy atom. The minimum absolute atomic E-state index is 0.119. The Labute approximate surface area is 158 Å². The second kappa shape index (κ2) is 7.02. The van der Waals surface area contributed by atoms with Gasteiger partial charge in [0.05, 0.1) is 17.8 Å². The van der Waals surface area contributed by atoms with Gasteiger partial charge in [-0.25, -0.2) is 9.31 Å². The van der Waals surface area contributed by atoms with Gasteiger partial charge in [0.25, 0.3) is 0 Å². The van der Waals surface area contributed by atoms with Crippen molar-refractivity contribution in [2.75, 3.05) is 18.4 Å². The summed E-state index contributed by atoms with van der Waals surface area (Å²) < 4.78 is 39.6. The van der Waals surface area contributed by atoms with Crippen LogP contribution in [0.25, 0.3) is 5.65 Å². The van der Waals surface area contributed by atoms with Gasteiger partial charge in [-0.15, -0.1) is 5.10 Å². The molecule has 4 rings (SSSR count). The van der Waals surface area contributed by atoms with Crippen molar-refractivity contribution in [1.29, 1.82) is 0 Å². The predicted molar refractivity (Wildman–Crippen MR) is 96.1 cm³/mol. The van der Waals surface area contributed by atoms with Crippen LogP contribution in [-0.2, 0) is 12.7 Å². The maximum absolute atomic E-state index is 12.7. The molecular weight excluding hydrogens is 373 g/mol. The lowest BCUT2D eigenvalue weighted by molar-refractivity contribution is -0.137. The first-order valence-corrected chi connectivity index (χ1v) is 8.72. The van der Waals surface area contributed by atoms with Gasteiger partial charge in [-0.3, -0.25) is 0 Å². The van der Waals surface area contributed by atoms with Gasteiger partial charge in [0.1, 0.15) is 0 Å². The Balaban J connectivity index is 1.55. The summed E-state index contributed by atoms with van der Waals surface area (Å²) in [6.45, 7) is 1.71. The molecule has 2 aromatic heterocycles. The first kappa shape index (κ1) is 18.1. The van der Waals surface area contributed by atoms with Crippen molar-refractivity contribution in [3.63, 3.8) is 0 Å². The average Bonchev–Trinajstić information content (AvgIpc) is 3.07. The molecule has 3 aromatic rings. The van der Waals surface area contributed by atoms with E-state index in [-0.39, 0.29) is 12.0 Å². The standard InChI is InChI=1S/C18H17F3N6O/c19-18(20,21)12-5-7-13(8-6-12)23-16-24-15-4-1-3-14(27(15)25-16)11-26-10-2-9-22-17(26)28/h1,3-8H,2,9-11H2,(H,22,28)(H,23,25). The number of amides is 2. The lowest BCUT2D eigenvalue weighted by atomic mass is 10.2. The van der Waals surface area contributed by atoms with Crippen LogP contribution in [0.3, 0.4) is 0 Å². The number of aromatic nitrogens is 3. The van der Waals surface area contributed by atoms with E-state index in [0.717, 1.165) is 24.2 Å². The van der Waals surface area contributed by atoms with Crippen LogP contribution in [0.5, 0.6) is 0 Å². The molecule has 0 saturated carbocycles. The van der Waals surface area contributed by atoms with E-state index in [1.54, 1.807) is 15.5 Å². The SMILES string of the molecule is O=C1NCCCN1Cc1cccc2nc(Nc3ccc(C(F)(F)F)cc3)nn12. The minimum Gasteiger partial charge on any atom is -0.338 e. The summed E-state index contributed by atoms with van der Waals surface area (Å²) in [6.07, 6.45) is -3.50. The van der Waals surface area contributed by atoms with Crippen molar-refractivity contribution in [3.8, 4) is 0 Å². The molecule has 2 amide bonds. The third-order valence-electron chi connectivity index (χ3n) is 4.43. The maximum atomic E-state index is 12.7. The van der Waals surface area contributed by atoms with Crippen molar-refractivity contribution in [2.45, 2.75) is 19.1 Å². The fourth-order valence-electron chi connectivity index (χ4n) is 3.03.